The fraction of sp³-hybridized carbons (Fsp3) is 0.647. The first-order valence-electron chi connectivity index (χ1n) is 7.60. The van der Waals surface area contributed by atoms with Gasteiger partial charge in [-0.15, -0.1) is 0 Å². The molecule has 0 saturated heterocycles. The molecular formula is C17H29BrN2. The molecular weight excluding hydrogens is 312 g/mol. The Morgan fingerprint density at radius 1 is 1.20 bits per heavy atom. The molecule has 0 aliphatic rings. The van der Waals surface area contributed by atoms with Gasteiger partial charge in [-0.25, -0.2) is 0 Å². The third kappa shape index (κ3) is 6.38. The van der Waals surface area contributed by atoms with Crippen LogP contribution >= 0.6 is 15.9 Å². The van der Waals surface area contributed by atoms with E-state index >= 15 is 0 Å². The molecule has 114 valence electrons. The first-order chi connectivity index (χ1) is 9.35. The molecule has 0 fully saturated rings. The zero-order valence-corrected chi connectivity index (χ0v) is 15.2. The summed E-state index contributed by atoms with van der Waals surface area (Å²) in [5.41, 5.74) is 2.86. The van der Waals surface area contributed by atoms with Crippen LogP contribution in [0.3, 0.4) is 0 Å². The molecule has 1 rings (SSSR count). The van der Waals surface area contributed by atoms with Crippen molar-refractivity contribution in [3.63, 3.8) is 0 Å². The van der Waals surface area contributed by atoms with E-state index in [-0.39, 0.29) is 5.54 Å². The highest BCUT2D eigenvalue weighted by Gasteiger charge is 2.10. The minimum absolute atomic E-state index is 0.158. The van der Waals surface area contributed by atoms with E-state index < -0.39 is 0 Å². The summed E-state index contributed by atoms with van der Waals surface area (Å²) in [5, 5.41) is 3.53. The summed E-state index contributed by atoms with van der Waals surface area (Å²) in [5.74, 6) is 0. The Hall–Kier alpha value is -0.380. The molecule has 0 saturated carbocycles. The third-order valence-corrected chi connectivity index (χ3v) is 4.06. The van der Waals surface area contributed by atoms with Crippen molar-refractivity contribution in [2.75, 3.05) is 13.1 Å². The van der Waals surface area contributed by atoms with Crippen LogP contribution in [-0.2, 0) is 13.1 Å². The fourth-order valence-corrected chi connectivity index (χ4v) is 2.65. The number of hydrogen-bond acceptors (Lipinski definition) is 2. The summed E-state index contributed by atoms with van der Waals surface area (Å²) in [7, 11) is 0. The molecule has 0 heterocycles. The molecule has 0 amide bonds. The second kappa shape index (κ2) is 8.16. The summed E-state index contributed by atoms with van der Waals surface area (Å²) < 4.78 is 1.22. The van der Waals surface area contributed by atoms with Crippen molar-refractivity contribution >= 4 is 15.9 Å². The molecule has 0 aromatic heterocycles. The van der Waals surface area contributed by atoms with Gasteiger partial charge >= 0.3 is 0 Å². The molecule has 0 bridgehead atoms. The van der Waals surface area contributed by atoms with Gasteiger partial charge in [-0.2, -0.15) is 0 Å². The van der Waals surface area contributed by atoms with Crippen molar-refractivity contribution in [3.8, 4) is 0 Å². The van der Waals surface area contributed by atoms with Crippen molar-refractivity contribution < 1.29 is 0 Å². The summed E-state index contributed by atoms with van der Waals surface area (Å²) in [6.07, 6.45) is 1.21. The Labute approximate surface area is 133 Å². The lowest BCUT2D eigenvalue weighted by Gasteiger charge is -2.22. The smallest absolute Gasteiger partial charge is 0.0244 e. The lowest BCUT2D eigenvalue weighted by Crippen LogP contribution is -2.35. The lowest BCUT2D eigenvalue weighted by molar-refractivity contribution is 0.280. The van der Waals surface area contributed by atoms with Gasteiger partial charge in [-0.1, -0.05) is 41.9 Å². The molecule has 0 spiro atoms. The quantitative estimate of drug-likeness (QED) is 0.782. The fourth-order valence-electron chi connectivity index (χ4n) is 2.10. The van der Waals surface area contributed by atoms with Crippen molar-refractivity contribution in [1.82, 2.24) is 10.2 Å². The van der Waals surface area contributed by atoms with Crippen LogP contribution in [0.2, 0.25) is 0 Å². The highest BCUT2D eigenvalue weighted by molar-refractivity contribution is 9.10. The summed E-state index contributed by atoms with van der Waals surface area (Å²) in [6.45, 7) is 15.3. The second-order valence-electron chi connectivity index (χ2n) is 6.40. The minimum atomic E-state index is 0.158. The van der Waals surface area contributed by atoms with E-state index in [4.69, 9.17) is 0 Å². The Kier molecular flexibility index (Phi) is 7.21. The summed E-state index contributed by atoms with van der Waals surface area (Å²) >= 11 is 3.72. The molecule has 2 nitrogen and oxygen atoms in total. The lowest BCUT2D eigenvalue weighted by atomic mass is 10.1. The van der Waals surface area contributed by atoms with Gasteiger partial charge in [0.25, 0.3) is 0 Å². The number of hydrogen-bond donors (Lipinski definition) is 1. The maximum Gasteiger partial charge on any atom is 0.0244 e. The molecule has 0 aliphatic carbocycles. The highest BCUT2D eigenvalue weighted by atomic mass is 79.9. The van der Waals surface area contributed by atoms with E-state index in [1.807, 2.05) is 0 Å². The van der Waals surface area contributed by atoms with Crippen LogP contribution in [0.5, 0.6) is 0 Å². The average molecular weight is 341 g/mol. The first-order valence-corrected chi connectivity index (χ1v) is 8.39. The molecule has 1 N–H and O–H groups in total. The van der Waals surface area contributed by atoms with E-state index in [0.717, 1.165) is 26.2 Å². The predicted molar refractivity (Wildman–Crippen MR) is 92.0 cm³/mol. The normalized spacial score (nSPS) is 12.2. The van der Waals surface area contributed by atoms with Crippen LogP contribution in [0.4, 0.5) is 0 Å². The van der Waals surface area contributed by atoms with Crippen molar-refractivity contribution in [3.05, 3.63) is 33.8 Å². The number of rotatable bonds is 7. The van der Waals surface area contributed by atoms with Crippen LogP contribution in [-0.4, -0.2) is 23.5 Å². The molecule has 0 unspecified atom stereocenters. The van der Waals surface area contributed by atoms with Crippen molar-refractivity contribution in [1.29, 1.82) is 0 Å². The largest absolute Gasteiger partial charge is 0.308 e. The standard InChI is InChI=1S/C17H29BrN2/c1-6-10-20(7-2)13-15-9-8-14(11-16(15)18)12-19-17(3,4)5/h8-9,11,19H,6-7,10,12-13H2,1-5H3. The van der Waals surface area contributed by atoms with Gasteiger partial charge in [-0.05, 0) is 57.5 Å². The van der Waals surface area contributed by atoms with Gasteiger partial charge in [-0.3, -0.25) is 4.90 Å². The van der Waals surface area contributed by atoms with E-state index in [1.54, 1.807) is 0 Å². The van der Waals surface area contributed by atoms with Gasteiger partial charge in [0.05, 0.1) is 0 Å². The predicted octanol–water partition coefficient (Wildman–Crippen LogP) is 4.57. The topological polar surface area (TPSA) is 15.3 Å². The number of nitrogens with zero attached hydrogens (tertiary/aromatic N) is 1. The van der Waals surface area contributed by atoms with E-state index in [0.29, 0.717) is 0 Å². The second-order valence-corrected chi connectivity index (χ2v) is 7.25. The molecule has 20 heavy (non-hydrogen) atoms. The van der Waals surface area contributed by atoms with Crippen molar-refractivity contribution in [2.45, 2.75) is 59.7 Å². The summed E-state index contributed by atoms with van der Waals surface area (Å²) in [6, 6.07) is 6.73. The van der Waals surface area contributed by atoms with Gasteiger partial charge in [0.2, 0.25) is 0 Å². The SMILES string of the molecule is CCCN(CC)Cc1ccc(CNC(C)(C)C)cc1Br. The number of benzene rings is 1. The van der Waals surface area contributed by atoms with E-state index in [1.165, 1.54) is 22.0 Å². The van der Waals surface area contributed by atoms with E-state index in [2.05, 4.69) is 79.0 Å². The van der Waals surface area contributed by atoms with Gasteiger partial charge in [0.15, 0.2) is 0 Å². The maximum atomic E-state index is 3.72. The number of nitrogens with one attached hydrogen (secondary N) is 1. The molecule has 1 aromatic rings. The van der Waals surface area contributed by atoms with Crippen LogP contribution in [0, 0.1) is 0 Å². The van der Waals surface area contributed by atoms with E-state index in [9.17, 15) is 0 Å². The van der Waals surface area contributed by atoms with Crippen LogP contribution in [0.25, 0.3) is 0 Å². The summed E-state index contributed by atoms with van der Waals surface area (Å²) in [4.78, 5) is 2.48. The Balaban J connectivity index is 2.67. The Morgan fingerprint density at radius 3 is 2.40 bits per heavy atom. The number of halogens is 1. The first kappa shape index (κ1) is 17.7. The molecule has 0 aliphatic heterocycles. The third-order valence-electron chi connectivity index (χ3n) is 3.32. The van der Waals surface area contributed by atoms with Crippen LogP contribution in [0.15, 0.2) is 22.7 Å². The van der Waals surface area contributed by atoms with Gasteiger partial charge in [0.1, 0.15) is 0 Å². The molecule has 0 radical (unpaired) electrons. The Morgan fingerprint density at radius 2 is 1.90 bits per heavy atom. The van der Waals surface area contributed by atoms with Crippen LogP contribution in [0.1, 0.15) is 52.2 Å². The zero-order chi connectivity index (χ0) is 15.2. The molecule has 1 aromatic carbocycles. The zero-order valence-electron chi connectivity index (χ0n) is 13.6. The minimum Gasteiger partial charge on any atom is -0.308 e. The maximum absolute atomic E-state index is 3.72. The van der Waals surface area contributed by atoms with Gasteiger partial charge in [0, 0.05) is 23.1 Å². The van der Waals surface area contributed by atoms with Gasteiger partial charge < -0.3 is 5.32 Å². The Bertz CT molecular complexity index is 410. The molecule has 3 heteroatoms. The monoisotopic (exact) mass is 340 g/mol. The average Bonchev–Trinajstić information content (AvgIpc) is 2.37. The van der Waals surface area contributed by atoms with Crippen LogP contribution < -0.4 is 5.32 Å². The van der Waals surface area contributed by atoms with Crippen molar-refractivity contribution in [2.24, 2.45) is 0 Å². The highest BCUT2D eigenvalue weighted by Crippen LogP contribution is 2.21. The molecule has 0 atom stereocenters.